The predicted molar refractivity (Wildman–Crippen MR) is 277 cm³/mol. The van der Waals surface area contributed by atoms with Gasteiger partial charge >= 0.3 is 0 Å². The highest BCUT2D eigenvalue weighted by atomic mass is 15.2. The molecule has 0 unspecified atom stereocenters. The molecule has 0 aliphatic rings. The van der Waals surface area contributed by atoms with E-state index in [1.165, 1.54) is 10.9 Å². The van der Waals surface area contributed by atoms with E-state index in [4.69, 9.17) is 24.9 Å². The van der Waals surface area contributed by atoms with Crippen LogP contribution in [-0.4, -0.2) is 34.1 Å². The van der Waals surface area contributed by atoms with Crippen LogP contribution in [0.15, 0.2) is 237 Å². The normalized spacial score (nSPS) is 11.5. The van der Waals surface area contributed by atoms with Gasteiger partial charge in [-0.15, -0.1) is 0 Å². The first-order valence-electron chi connectivity index (χ1n) is 22.8. The zero-order chi connectivity index (χ0) is 45.0. The van der Waals surface area contributed by atoms with Crippen LogP contribution in [0.1, 0.15) is 0 Å². The van der Waals surface area contributed by atoms with E-state index < -0.39 is 0 Å². The Hall–Kier alpha value is -9.33. The molecule has 0 amide bonds. The molecular weight excluding hydrogens is 831 g/mol. The van der Waals surface area contributed by atoms with Gasteiger partial charge in [-0.3, -0.25) is 4.57 Å². The van der Waals surface area contributed by atoms with Crippen molar-refractivity contribution in [3.05, 3.63) is 237 Å². The fourth-order valence-electron chi connectivity index (χ4n) is 9.61. The highest BCUT2D eigenvalue weighted by molar-refractivity contribution is 6.28. The fraction of sp³-hybridized carbons (Fsp3) is 0. The molecule has 0 N–H and O–H groups in total. The third-order valence-corrected chi connectivity index (χ3v) is 12.8. The summed E-state index contributed by atoms with van der Waals surface area (Å²) in [6.45, 7) is 0. The summed E-state index contributed by atoms with van der Waals surface area (Å²) in [4.78, 5) is 25.6. The summed E-state index contributed by atoms with van der Waals surface area (Å²) >= 11 is 0. The van der Waals surface area contributed by atoms with Crippen LogP contribution < -0.4 is 0 Å². The van der Waals surface area contributed by atoms with Gasteiger partial charge in [-0.1, -0.05) is 194 Å². The summed E-state index contributed by atoms with van der Waals surface area (Å²) in [7, 11) is 0. The molecule has 0 bridgehead atoms. The van der Waals surface area contributed by atoms with Crippen molar-refractivity contribution in [3.63, 3.8) is 0 Å². The predicted octanol–water partition coefficient (Wildman–Crippen LogP) is 14.9. The third kappa shape index (κ3) is 6.72. The second-order valence-corrected chi connectivity index (χ2v) is 16.9. The molecule has 4 heterocycles. The Morgan fingerprint density at radius 2 is 0.618 bits per heavy atom. The van der Waals surface area contributed by atoms with Crippen LogP contribution >= 0.6 is 0 Å². The van der Waals surface area contributed by atoms with Crippen molar-refractivity contribution in [2.24, 2.45) is 0 Å². The maximum Gasteiger partial charge on any atom is 0.238 e. The van der Waals surface area contributed by atoms with Crippen LogP contribution in [0, 0.1) is 0 Å². The Bertz CT molecular complexity index is 3920. The number of para-hydroxylation sites is 2. The van der Waals surface area contributed by atoms with E-state index in [9.17, 15) is 0 Å². The van der Waals surface area contributed by atoms with Gasteiger partial charge in [-0.2, -0.15) is 9.97 Å². The molecule has 13 aromatic rings. The summed E-state index contributed by atoms with van der Waals surface area (Å²) < 4.78 is 4.57. The van der Waals surface area contributed by atoms with Gasteiger partial charge in [0.15, 0.2) is 17.5 Å². The minimum absolute atomic E-state index is 0.565. The molecule has 0 radical (unpaired) electrons. The van der Waals surface area contributed by atoms with Crippen molar-refractivity contribution in [3.8, 4) is 79.4 Å². The molecule has 13 rings (SSSR count). The van der Waals surface area contributed by atoms with Gasteiger partial charge in [0, 0.05) is 55.0 Å². The molecular formula is C61H39N7. The molecule has 0 aliphatic heterocycles. The number of hydrogen-bond donors (Lipinski definition) is 0. The minimum atomic E-state index is 0.565. The lowest BCUT2D eigenvalue weighted by Gasteiger charge is -2.12. The highest BCUT2D eigenvalue weighted by Gasteiger charge is 2.23. The number of hydrogen-bond acceptors (Lipinski definition) is 5. The Kier molecular flexibility index (Phi) is 9.35. The van der Waals surface area contributed by atoms with Gasteiger partial charge in [-0.25, -0.2) is 15.0 Å². The number of nitrogens with zero attached hydrogens (tertiary/aromatic N) is 7. The smallest absolute Gasteiger partial charge is 0.238 e. The van der Waals surface area contributed by atoms with Crippen molar-refractivity contribution in [2.75, 3.05) is 0 Å². The van der Waals surface area contributed by atoms with E-state index in [0.29, 0.717) is 23.4 Å². The molecule has 0 atom stereocenters. The fourth-order valence-corrected chi connectivity index (χ4v) is 9.61. The van der Waals surface area contributed by atoms with Crippen molar-refractivity contribution in [1.82, 2.24) is 34.1 Å². The van der Waals surface area contributed by atoms with Crippen LogP contribution in [0.2, 0.25) is 0 Å². The number of benzene rings is 9. The SMILES string of the molecule is c1ccc(-c2ccc(-c3cc(-c4ccc(-n5c6ccccc6c6c7c8ccccc8n(-c8nc(-c9ccccc9)nc(-c9ccccc9)n8)c7ccc65)cc4)nc(-c4ccccc4)n3)cc2)cc1. The summed E-state index contributed by atoms with van der Waals surface area (Å²) in [5, 5.41) is 4.60. The van der Waals surface area contributed by atoms with Crippen molar-refractivity contribution >= 4 is 43.6 Å². The summed E-state index contributed by atoms with van der Waals surface area (Å²) in [6, 6.07) is 82.1. The minimum Gasteiger partial charge on any atom is -0.309 e. The Morgan fingerprint density at radius 1 is 0.250 bits per heavy atom. The van der Waals surface area contributed by atoms with E-state index in [-0.39, 0.29) is 0 Å². The monoisotopic (exact) mass is 869 g/mol. The molecule has 0 aliphatic carbocycles. The van der Waals surface area contributed by atoms with Crippen LogP contribution in [-0.2, 0) is 0 Å². The number of aromatic nitrogens is 7. The van der Waals surface area contributed by atoms with Gasteiger partial charge in [-0.05, 0) is 53.6 Å². The van der Waals surface area contributed by atoms with Gasteiger partial charge in [0.05, 0.1) is 33.5 Å². The van der Waals surface area contributed by atoms with E-state index in [1.807, 2.05) is 84.9 Å². The summed E-state index contributed by atoms with van der Waals surface area (Å²) in [5.74, 6) is 2.49. The topological polar surface area (TPSA) is 74.3 Å². The largest absolute Gasteiger partial charge is 0.309 e. The maximum absolute atomic E-state index is 5.19. The average Bonchev–Trinajstić information content (AvgIpc) is 3.95. The van der Waals surface area contributed by atoms with Gasteiger partial charge in [0.25, 0.3) is 0 Å². The first-order valence-corrected chi connectivity index (χ1v) is 22.8. The molecule has 0 saturated carbocycles. The van der Waals surface area contributed by atoms with E-state index >= 15 is 0 Å². The molecule has 68 heavy (non-hydrogen) atoms. The third-order valence-electron chi connectivity index (χ3n) is 12.8. The first-order chi connectivity index (χ1) is 33.7. The van der Waals surface area contributed by atoms with E-state index in [0.717, 1.165) is 88.7 Å². The van der Waals surface area contributed by atoms with E-state index in [1.54, 1.807) is 0 Å². The molecule has 7 nitrogen and oxygen atoms in total. The van der Waals surface area contributed by atoms with Crippen LogP contribution in [0.25, 0.3) is 123 Å². The lowest BCUT2D eigenvalue weighted by Crippen LogP contribution is -2.06. The van der Waals surface area contributed by atoms with Gasteiger partial charge < -0.3 is 4.57 Å². The molecule has 0 fully saturated rings. The highest BCUT2D eigenvalue weighted by Crippen LogP contribution is 2.42. The summed E-state index contributed by atoms with van der Waals surface area (Å²) in [6.07, 6.45) is 0. The zero-order valence-corrected chi connectivity index (χ0v) is 36.6. The Balaban J connectivity index is 0.956. The molecule has 318 valence electrons. The maximum atomic E-state index is 5.19. The van der Waals surface area contributed by atoms with Crippen molar-refractivity contribution in [2.45, 2.75) is 0 Å². The summed E-state index contributed by atoms with van der Waals surface area (Å²) in [5.41, 5.74) is 14.2. The lowest BCUT2D eigenvalue weighted by molar-refractivity contribution is 0.953. The van der Waals surface area contributed by atoms with Crippen LogP contribution in [0.3, 0.4) is 0 Å². The Morgan fingerprint density at radius 3 is 1.12 bits per heavy atom. The standard InChI is InChI=1S/C61H39N7/c1-5-17-40(18-6-1)41-29-31-42(32-30-41)50-39-51(63-58(62-50)44-19-7-2-8-20-44)43-33-35-47(36-34-43)67-52-27-15-13-25-48(52)56-54(67)37-38-55-57(56)49-26-14-16-28-53(49)68(55)61-65-59(45-21-9-3-10-22-45)64-60(66-61)46-23-11-4-12-24-46/h1-39H. The second-order valence-electron chi connectivity index (χ2n) is 16.9. The number of rotatable bonds is 8. The molecule has 9 aromatic carbocycles. The molecule has 0 spiro atoms. The van der Waals surface area contributed by atoms with Crippen molar-refractivity contribution < 1.29 is 0 Å². The Labute approximate surface area is 392 Å². The van der Waals surface area contributed by atoms with Crippen LogP contribution in [0.5, 0.6) is 0 Å². The first kappa shape index (κ1) is 39.1. The molecule has 7 heteroatoms. The van der Waals surface area contributed by atoms with Gasteiger partial charge in [0.1, 0.15) is 0 Å². The molecule has 0 saturated heterocycles. The molecule has 4 aromatic heterocycles. The quantitative estimate of drug-likeness (QED) is 0.152. The van der Waals surface area contributed by atoms with E-state index in [2.05, 4.69) is 161 Å². The van der Waals surface area contributed by atoms with Crippen molar-refractivity contribution in [1.29, 1.82) is 0 Å². The number of fused-ring (bicyclic) bond motifs is 7. The van der Waals surface area contributed by atoms with Gasteiger partial charge in [0.2, 0.25) is 5.95 Å². The zero-order valence-electron chi connectivity index (χ0n) is 36.6. The average molecular weight is 870 g/mol. The second kappa shape index (κ2) is 16.3. The van der Waals surface area contributed by atoms with Crippen LogP contribution in [0.4, 0.5) is 0 Å². The lowest BCUT2D eigenvalue weighted by atomic mass is 10.0.